The molecule has 1 aromatic heterocycles. The van der Waals surface area contributed by atoms with Crippen LogP contribution in [0.25, 0.3) is 16.9 Å². The minimum absolute atomic E-state index is 0.0135. The van der Waals surface area contributed by atoms with Crippen molar-refractivity contribution in [1.29, 1.82) is 0 Å². The van der Waals surface area contributed by atoms with Gasteiger partial charge in [0.2, 0.25) is 17.7 Å². The number of amides is 5. The summed E-state index contributed by atoms with van der Waals surface area (Å²) in [7, 11) is 8.57. The van der Waals surface area contributed by atoms with Gasteiger partial charge in [-0.2, -0.15) is 5.10 Å². The van der Waals surface area contributed by atoms with Gasteiger partial charge < -0.3 is 74.8 Å². The van der Waals surface area contributed by atoms with Crippen LogP contribution in [0, 0.1) is 5.92 Å². The fraction of sp³-hybridized carbons (Fsp3) is 0.652. The summed E-state index contributed by atoms with van der Waals surface area (Å²) in [6, 6.07) is 11.3. The Kier molecular flexibility index (Phi) is 36.6. The minimum atomic E-state index is -1.09. The lowest BCUT2D eigenvalue weighted by Crippen LogP contribution is -2.49. The average Bonchev–Trinajstić information content (AvgIpc) is 1.66. The predicted molar refractivity (Wildman–Crippen MR) is 369 cm³/mol. The lowest BCUT2D eigenvalue weighted by atomic mass is 9.84. The number of ether oxygens (including phenoxy) is 5. The van der Waals surface area contributed by atoms with Gasteiger partial charge >= 0.3 is 23.9 Å². The highest BCUT2D eigenvalue weighted by Crippen LogP contribution is 2.41. The number of hydrogen-bond acceptors (Lipinski definition) is 20. The van der Waals surface area contributed by atoms with Crippen LogP contribution in [0.15, 0.2) is 42.5 Å². The Labute approximate surface area is 581 Å². The Balaban J connectivity index is 0.918. The number of hydrogen-bond donors (Lipinski definition) is 7. The van der Waals surface area contributed by atoms with Gasteiger partial charge in [-0.05, 0) is 112 Å². The van der Waals surface area contributed by atoms with Crippen LogP contribution in [-0.4, -0.2) is 317 Å². The molecule has 1 atom stereocenters. The highest BCUT2D eigenvalue weighted by molar-refractivity contribution is 5.97. The van der Waals surface area contributed by atoms with Gasteiger partial charge in [0.25, 0.3) is 11.8 Å². The second-order valence-electron chi connectivity index (χ2n) is 25.6. The van der Waals surface area contributed by atoms with Crippen LogP contribution in [0.5, 0.6) is 11.5 Å². The average molecular weight is 1390 g/mol. The molecule has 30 nitrogen and oxygen atoms in total. The summed E-state index contributed by atoms with van der Waals surface area (Å²) in [5, 5.41) is 51.8. The van der Waals surface area contributed by atoms with Crippen LogP contribution in [0.1, 0.15) is 117 Å². The van der Waals surface area contributed by atoms with Crippen molar-refractivity contribution < 1.29 is 87.3 Å². The predicted octanol–water partition coefficient (Wildman–Crippen LogP) is 3.00. The van der Waals surface area contributed by atoms with E-state index in [1.807, 2.05) is 37.9 Å². The molecule has 1 saturated heterocycles. The molecule has 0 radical (unpaired) electrons. The number of carboxylic acids is 4. The van der Waals surface area contributed by atoms with Crippen molar-refractivity contribution in [3.63, 3.8) is 0 Å². The fourth-order valence-corrected chi connectivity index (χ4v) is 12.0. The third-order valence-corrected chi connectivity index (χ3v) is 17.5. The minimum Gasteiger partial charge on any atom is -0.496 e. The molecule has 2 fully saturated rings. The zero-order valence-corrected chi connectivity index (χ0v) is 59.1. The SMILES string of the molecule is COc1cccc(OC)c1-c1cc(C(=O)NC(C(=O)O)C2CCCCC2)nn1-c1ccc(C(=O)N(C)CCCN(C)CCCN(C)C(=O)CCC(=O)NCCCOCCOCCOCCCNC(=O)CN2CCN(CC(=O)O)CCN(CC(=O)O)CCN(CC(=O)O)CC2)cc1C(C)C. The molecular weight excluding hydrogens is 1280 g/mol. The van der Waals surface area contributed by atoms with Gasteiger partial charge in [0.05, 0.1) is 83.8 Å². The van der Waals surface area contributed by atoms with E-state index >= 15 is 0 Å². The molecule has 0 bridgehead atoms. The summed E-state index contributed by atoms with van der Waals surface area (Å²) in [6.07, 6.45) is 6.99. The number of aliphatic carboxylic acids is 4. The number of methoxy groups -OCH3 is 2. The van der Waals surface area contributed by atoms with Gasteiger partial charge in [0.1, 0.15) is 17.5 Å². The van der Waals surface area contributed by atoms with Crippen molar-refractivity contribution in [3.8, 4) is 28.4 Å². The summed E-state index contributed by atoms with van der Waals surface area (Å²) < 4.78 is 30.0. The summed E-state index contributed by atoms with van der Waals surface area (Å²) in [4.78, 5) is 126. The van der Waals surface area contributed by atoms with Gasteiger partial charge in [-0.15, -0.1) is 0 Å². The highest BCUT2D eigenvalue weighted by atomic mass is 16.5. The number of aromatic nitrogens is 2. The molecule has 99 heavy (non-hydrogen) atoms. The molecule has 3 aromatic rings. The van der Waals surface area contributed by atoms with E-state index < -0.39 is 35.8 Å². The van der Waals surface area contributed by atoms with E-state index in [0.29, 0.717) is 165 Å². The third kappa shape index (κ3) is 29.5. The second-order valence-corrected chi connectivity index (χ2v) is 25.6. The van der Waals surface area contributed by atoms with E-state index in [1.165, 1.54) is 14.2 Å². The lowest BCUT2D eigenvalue weighted by molar-refractivity contribution is -0.141. The number of nitrogens with zero attached hydrogens (tertiary/aromatic N) is 9. The molecule has 1 saturated carbocycles. The number of carboxylic acid groups (broad SMARTS) is 4. The summed E-state index contributed by atoms with van der Waals surface area (Å²) in [5.41, 5.74) is 2.91. The van der Waals surface area contributed by atoms with Crippen LogP contribution in [-0.2, 0) is 47.8 Å². The largest absolute Gasteiger partial charge is 0.496 e. The maximum Gasteiger partial charge on any atom is 0.326 e. The Hall–Kier alpha value is -7.84. The topological polar surface area (TPSA) is 357 Å². The van der Waals surface area contributed by atoms with E-state index in [1.54, 1.807) is 73.6 Å². The van der Waals surface area contributed by atoms with E-state index in [-0.39, 0.29) is 106 Å². The first-order valence-corrected chi connectivity index (χ1v) is 34.5. The maximum absolute atomic E-state index is 14.0. The van der Waals surface area contributed by atoms with Crippen molar-refractivity contribution in [2.24, 2.45) is 5.92 Å². The monoisotopic (exact) mass is 1390 g/mol. The van der Waals surface area contributed by atoms with Crippen molar-refractivity contribution in [2.45, 2.75) is 96.4 Å². The molecule has 0 spiro atoms. The quantitative estimate of drug-likeness (QED) is 0.0400. The molecule has 552 valence electrons. The van der Waals surface area contributed by atoms with Gasteiger partial charge in [0, 0.05) is 124 Å². The normalized spacial score (nSPS) is 15.2. The van der Waals surface area contributed by atoms with E-state index in [9.17, 15) is 63.6 Å². The van der Waals surface area contributed by atoms with Gasteiger partial charge in [-0.25, -0.2) is 9.48 Å². The number of carbonyl (C=O) groups excluding carboxylic acids is 5. The standard InChI is InChI=1S/C69H108N12O18/c1-50(2)53-44-52(20-21-55(53)81-56(65-57(95-6)18-11-19-58(65)96-7)45-54(73-81)67(91)72-66(69(93)94)51-16-9-8-10-17-51)68(92)76(5)29-15-27-74(3)26-14-28-75(4)61(84)23-22-59(82)70-24-12-38-97-40-42-99-43-41-98-39-13-25-71-60(83)46-77-30-32-78(47-62(85)86)34-36-80(49-64(89)90)37-35-79(33-31-77)48-63(87)88/h11,18-21,44-45,50-51,66H,8-10,12-17,22-43,46-49H2,1-7H3,(H,70,82)(H,71,83)(H,72,91)(H,85,86)(H,87,88)(H,89,90)(H,93,94). The van der Waals surface area contributed by atoms with E-state index in [0.717, 1.165) is 37.8 Å². The van der Waals surface area contributed by atoms with E-state index in [2.05, 4.69) is 20.9 Å². The first-order valence-electron chi connectivity index (χ1n) is 34.5. The molecule has 30 heteroatoms. The summed E-state index contributed by atoms with van der Waals surface area (Å²) in [6.45, 7) is 11.2. The molecule has 1 aliphatic carbocycles. The zero-order valence-electron chi connectivity index (χ0n) is 59.1. The van der Waals surface area contributed by atoms with Crippen molar-refractivity contribution in [1.82, 2.24) is 60.0 Å². The number of carbonyl (C=O) groups is 9. The third-order valence-electron chi connectivity index (χ3n) is 17.5. The Morgan fingerprint density at radius 1 is 0.576 bits per heavy atom. The van der Waals surface area contributed by atoms with Crippen LogP contribution in [0.2, 0.25) is 0 Å². The molecule has 5 rings (SSSR count). The maximum atomic E-state index is 14.0. The second kappa shape index (κ2) is 44.3. The van der Waals surface area contributed by atoms with Gasteiger partial charge in [0.15, 0.2) is 5.69 Å². The zero-order chi connectivity index (χ0) is 72.2. The van der Waals surface area contributed by atoms with Crippen LogP contribution in [0.3, 0.4) is 0 Å². The number of benzene rings is 2. The smallest absolute Gasteiger partial charge is 0.326 e. The van der Waals surface area contributed by atoms with Crippen LogP contribution < -0.4 is 25.4 Å². The Bertz CT molecular complexity index is 3000. The molecular formula is C69H108N12O18. The molecule has 2 aliphatic rings. The molecule has 2 heterocycles. The molecule has 1 unspecified atom stereocenters. The van der Waals surface area contributed by atoms with E-state index in [4.69, 9.17) is 28.8 Å². The first-order chi connectivity index (χ1) is 47.5. The molecule has 7 N–H and O–H groups in total. The van der Waals surface area contributed by atoms with Crippen molar-refractivity contribution >= 4 is 53.4 Å². The molecule has 5 amide bonds. The van der Waals surface area contributed by atoms with Crippen molar-refractivity contribution in [3.05, 3.63) is 59.3 Å². The van der Waals surface area contributed by atoms with Gasteiger partial charge in [-0.1, -0.05) is 39.2 Å². The highest BCUT2D eigenvalue weighted by Gasteiger charge is 2.33. The number of rotatable bonds is 43. The van der Waals surface area contributed by atoms with Crippen LogP contribution in [0.4, 0.5) is 0 Å². The first kappa shape index (κ1) is 81.8. The summed E-state index contributed by atoms with van der Waals surface area (Å²) >= 11 is 0. The fourth-order valence-electron chi connectivity index (χ4n) is 12.0. The Morgan fingerprint density at radius 3 is 1.55 bits per heavy atom. The molecule has 2 aromatic carbocycles. The van der Waals surface area contributed by atoms with Gasteiger partial charge in [-0.3, -0.25) is 58.0 Å². The van der Waals surface area contributed by atoms with Crippen molar-refractivity contribution in [2.75, 3.05) is 193 Å². The summed E-state index contributed by atoms with van der Waals surface area (Å²) in [5.74, 6) is -4.86. The number of nitrogens with one attached hydrogen (secondary N) is 3. The Morgan fingerprint density at radius 2 is 1.06 bits per heavy atom. The lowest BCUT2D eigenvalue weighted by Gasteiger charge is -2.32. The van der Waals surface area contributed by atoms with Crippen LogP contribution >= 0.6 is 0 Å². The molecule has 1 aliphatic heterocycles.